The number of oxime groups is 1. The molecule has 3 aromatic rings. The van der Waals surface area contributed by atoms with Gasteiger partial charge >= 0.3 is 0 Å². The Morgan fingerprint density at radius 2 is 1.73 bits per heavy atom. The van der Waals surface area contributed by atoms with Crippen molar-refractivity contribution in [3.8, 4) is 0 Å². The third kappa shape index (κ3) is 2.62. The van der Waals surface area contributed by atoms with E-state index in [1.54, 1.807) is 0 Å². The summed E-state index contributed by atoms with van der Waals surface area (Å²) in [4.78, 5) is 0. The van der Waals surface area contributed by atoms with Crippen molar-refractivity contribution in [3.63, 3.8) is 0 Å². The molecule has 3 nitrogen and oxygen atoms in total. The Morgan fingerprint density at radius 1 is 1.05 bits per heavy atom. The van der Waals surface area contributed by atoms with Gasteiger partial charge in [0.1, 0.15) is 11.3 Å². The van der Waals surface area contributed by atoms with Crippen molar-refractivity contribution in [2.24, 2.45) is 5.16 Å². The van der Waals surface area contributed by atoms with Crippen LogP contribution < -0.4 is 0 Å². The molecule has 0 aliphatic carbocycles. The molecule has 0 spiro atoms. The highest BCUT2D eigenvalue weighted by atomic mass is 16.4. The summed E-state index contributed by atoms with van der Waals surface area (Å²) >= 11 is 0. The third-order valence-electron chi connectivity index (χ3n) is 4.02. The highest BCUT2D eigenvalue weighted by Crippen LogP contribution is 2.23. The molecule has 0 unspecified atom stereocenters. The molecule has 0 saturated carbocycles. The lowest BCUT2D eigenvalue weighted by molar-refractivity contribution is 0.317. The summed E-state index contributed by atoms with van der Waals surface area (Å²) in [5, 5.41) is 13.9. The fraction of sp³-hybridized carbons (Fsp3) is 0.211. The van der Waals surface area contributed by atoms with Crippen LogP contribution in [-0.2, 0) is 6.42 Å². The Hall–Kier alpha value is -2.55. The lowest BCUT2D eigenvalue weighted by Gasteiger charge is -2.11. The van der Waals surface area contributed by atoms with Gasteiger partial charge in [-0.1, -0.05) is 41.1 Å². The average Bonchev–Trinajstić information content (AvgIpc) is 2.90. The number of aryl methyl sites for hydroxylation is 3. The summed E-state index contributed by atoms with van der Waals surface area (Å²) in [6.45, 7) is 6.26. The summed E-state index contributed by atoms with van der Waals surface area (Å²) in [7, 11) is 0. The molecule has 1 aromatic heterocycles. The molecule has 0 aliphatic heterocycles. The predicted octanol–water partition coefficient (Wildman–Crippen LogP) is 4.78. The molecule has 0 aliphatic rings. The highest BCUT2D eigenvalue weighted by Gasteiger charge is 2.14. The second-order valence-corrected chi connectivity index (χ2v) is 5.75. The van der Waals surface area contributed by atoms with Crippen molar-refractivity contribution in [3.05, 3.63) is 70.5 Å². The SMILES string of the molecule is Cc1cc(C)c(C/C(=N/O)c2cc3ccccc3o2)c(C)c1. The molecule has 0 bridgehead atoms. The van der Waals surface area contributed by atoms with Gasteiger partial charge in [-0.05, 0) is 49.6 Å². The second kappa shape index (κ2) is 5.68. The van der Waals surface area contributed by atoms with Gasteiger partial charge in [-0.15, -0.1) is 0 Å². The zero-order valence-corrected chi connectivity index (χ0v) is 13.1. The molecule has 0 atom stereocenters. The maximum absolute atomic E-state index is 9.43. The van der Waals surface area contributed by atoms with E-state index in [9.17, 15) is 5.21 Å². The first-order chi connectivity index (χ1) is 10.6. The standard InChI is InChI=1S/C19H19NO2/c1-12-8-13(2)16(14(3)9-12)11-17(20-21)19-10-15-6-4-5-7-18(15)22-19/h4-10,21H,11H2,1-3H3/b20-17-. The smallest absolute Gasteiger partial charge is 0.153 e. The Labute approximate surface area is 129 Å². The van der Waals surface area contributed by atoms with Gasteiger partial charge in [0.05, 0.1) is 0 Å². The van der Waals surface area contributed by atoms with E-state index in [4.69, 9.17) is 4.42 Å². The first-order valence-corrected chi connectivity index (χ1v) is 7.35. The van der Waals surface area contributed by atoms with Crippen LogP contribution in [0.3, 0.4) is 0 Å². The van der Waals surface area contributed by atoms with Crippen molar-refractivity contribution in [1.29, 1.82) is 0 Å². The van der Waals surface area contributed by atoms with Gasteiger partial charge in [0, 0.05) is 11.8 Å². The van der Waals surface area contributed by atoms with Gasteiger partial charge in [-0.25, -0.2) is 0 Å². The molecule has 0 fully saturated rings. The van der Waals surface area contributed by atoms with Crippen LogP contribution in [0.5, 0.6) is 0 Å². The topological polar surface area (TPSA) is 45.7 Å². The third-order valence-corrected chi connectivity index (χ3v) is 4.02. The monoisotopic (exact) mass is 293 g/mol. The largest absolute Gasteiger partial charge is 0.455 e. The van der Waals surface area contributed by atoms with E-state index in [0.29, 0.717) is 17.9 Å². The van der Waals surface area contributed by atoms with Crippen molar-refractivity contribution in [1.82, 2.24) is 0 Å². The maximum Gasteiger partial charge on any atom is 0.153 e. The minimum atomic E-state index is 0.547. The first kappa shape index (κ1) is 14.4. The molecule has 3 heteroatoms. The van der Waals surface area contributed by atoms with Crippen LogP contribution in [0.4, 0.5) is 0 Å². The van der Waals surface area contributed by atoms with Crippen molar-refractivity contribution >= 4 is 16.7 Å². The normalized spacial score (nSPS) is 12.0. The second-order valence-electron chi connectivity index (χ2n) is 5.75. The molecule has 1 N–H and O–H groups in total. The van der Waals surface area contributed by atoms with Gasteiger partial charge < -0.3 is 9.62 Å². The molecular formula is C19H19NO2. The zero-order valence-electron chi connectivity index (χ0n) is 13.1. The summed E-state index contributed by atoms with van der Waals surface area (Å²) in [6.07, 6.45) is 0.550. The van der Waals surface area contributed by atoms with E-state index < -0.39 is 0 Å². The van der Waals surface area contributed by atoms with E-state index in [-0.39, 0.29) is 0 Å². The van der Waals surface area contributed by atoms with E-state index in [2.05, 4.69) is 38.1 Å². The number of hydrogen-bond acceptors (Lipinski definition) is 3. The van der Waals surface area contributed by atoms with Crippen LogP contribution >= 0.6 is 0 Å². The number of fused-ring (bicyclic) bond motifs is 1. The number of furan rings is 1. The molecular weight excluding hydrogens is 274 g/mol. The number of benzene rings is 2. The summed E-state index contributed by atoms with van der Waals surface area (Å²) in [6, 6.07) is 14.0. The average molecular weight is 293 g/mol. The predicted molar refractivity (Wildman–Crippen MR) is 88.9 cm³/mol. The highest BCUT2D eigenvalue weighted by molar-refractivity contribution is 6.02. The Kier molecular flexibility index (Phi) is 3.72. The minimum absolute atomic E-state index is 0.547. The Bertz CT molecular complexity index is 803. The molecule has 1 heterocycles. The number of para-hydroxylation sites is 1. The minimum Gasteiger partial charge on any atom is -0.455 e. The van der Waals surface area contributed by atoms with Gasteiger partial charge in [0.15, 0.2) is 5.76 Å². The molecule has 0 saturated heterocycles. The van der Waals surface area contributed by atoms with Crippen LogP contribution in [0.2, 0.25) is 0 Å². The van der Waals surface area contributed by atoms with E-state index in [1.807, 2.05) is 30.3 Å². The number of rotatable bonds is 3. The van der Waals surface area contributed by atoms with Crippen molar-refractivity contribution in [2.75, 3.05) is 0 Å². The fourth-order valence-corrected chi connectivity index (χ4v) is 2.95. The van der Waals surface area contributed by atoms with Crippen LogP contribution in [0.25, 0.3) is 11.0 Å². The number of hydrogen-bond donors (Lipinski definition) is 1. The Morgan fingerprint density at radius 3 is 2.36 bits per heavy atom. The van der Waals surface area contributed by atoms with E-state index >= 15 is 0 Å². The van der Waals surface area contributed by atoms with Gasteiger partial charge in [-0.2, -0.15) is 0 Å². The lowest BCUT2D eigenvalue weighted by Crippen LogP contribution is -2.07. The van der Waals surface area contributed by atoms with E-state index in [0.717, 1.165) is 11.0 Å². The Balaban J connectivity index is 1.99. The lowest BCUT2D eigenvalue weighted by atomic mass is 9.95. The molecule has 3 rings (SSSR count). The van der Waals surface area contributed by atoms with Crippen LogP contribution in [0.15, 0.2) is 52.0 Å². The fourth-order valence-electron chi connectivity index (χ4n) is 2.95. The van der Waals surface area contributed by atoms with Gasteiger partial charge in [-0.3, -0.25) is 0 Å². The molecule has 0 radical (unpaired) electrons. The molecule has 112 valence electrons. The molecule has 2 aromatic carbocycles. The van der Waals surface area contributed by atoms with Gasteiger partial charge in [0.2, 0.25) is 0 Å². The maximum atomic E-state index is 9.43. The van der Waals surface area contributed by atoms with Gasteiger partial charge in [0.25, 0.3) is 0 Å². The molecule has 0 amide bonds. The van der Waals surface area contributed by atoms with Crippen molar-refractivity contribution in [2.45, 2.75) is 27.2 Å². The zero-order chi connectivity index (χ0) is 15.7. The van der Waals surface area contributed by atoms with E-state index in [1.165, 1.54) is 22.3 Å². The first-order valence-electron chi connectivity index (χ1n) is 7.35. The summed E-state index contributed by atoms with van der Waals surface area (Å²) < 4.78 is 5.81. The van der Waals surface area contributed by atoms with Crippen LogP contribution in [0.1, 0.15) is 28.0 Å². The summed E-state index contributed by atoms with van der Waals surface area (Å²) in [5.41, 5.74) is 6.18. The molecule has 22 heavy (non-hydrogen) atoms. The quantitative estimate of drug-likeness (QED) is 0.429. The number of nitrogens with zero attached hydrogens (tertiary/aromatic N) is 1. The summed E-state index contributed by atoms with van der Waals surface area (Å²) in [5.74, 6) is 0.614. The van der Waals surface area contributed by atoms with Crippen LogP contribution in [0, 0.1) is 20.8 Å². The van der Waals surface area contributed by atoms with Crippen molar-refractivity contribution < 1.29 is 9.62 Å². The van der Waals surface area contributed by atoms with Crippen LogP contribution in [-0.4, -0.2) is 10.9 Å².